The summed E-state index contributed by atoms with van der Waals surface area (Å²) in [6.07, 6.45) is 7.44. The molecule has 12 heteroatoms. The lowest BCUT2D eigenvalue weighted by atomic mass is 10.0. The van der Waals surface area contributed by atoms with E-state index in [1.807, 2.05) is 71.0 Å². The number of rotatable bonds is 6. The van der Waals surface area contributed by atoms with Crippen LogP contribution in [-0.4, -0.2) is 91.9 Å². The highest BCUT2D eigenvalue weighted by atomic mass is 16.1. The Morgan fingerprint density at radius 1 is 0.940 bits per heavy atom. The number of likely N-dealkylation sites (N-methyl/N-ethyl adjacent to an activating group) is 1. The quantitative estimate of drug-likeness (QED) is 0.201. The van der Waals surface area contributed by atoms with Crippen LogP contribution in [-0.2, 0) is 19.9 Å². The molecule has 4 aromatic heterocycles. The van der Waals surface area contributed by atoms with E-state index < -0.39 is 0 Å². The monoisotopic (exact) mass is 672 g/mol. The molecular weight excluding hydrogens is 628 g/mol. The van der Waals surface area contributed by atoms with Crippen LogP contribution in [0, 0.1) is 11.8 Å². The number of para-hydroxylation sites is 1. The number of hydrogen-bond acceptors (Lipinski definition) is 9. The summed E-state index contributed by atoms with van der Waals surface area (Å²) in [5, 5.41) is 9.96. The largest absolute Gasteiger partial charge is 0.382 e. The highest BCUT2D eigenvalue weighted by Gasteiger charge is 2.16. The first-order valence-corrected chi connectivity index (χ1v) is 16.7. The van der Waals surface area contributed by atoms with E-state index in [2.05, 4.69) is 62.6 Å². The minimum Gasteiger partial charge on any atom is -0.382 e. The number of aromatic nitrogens is 6. The maximum absolute atomic E-state index is 13.8. The summed E-state index contributed by atoms with van der Waals surface area (Å²) in [7, 11) is 5.66. The third-order valence-corrected chi connectivity index (χ3v) is 8.73. The molecule has 0 spiro atoms. The Bertz CT molecular complexity index is 2180. The summed E-state index contributed by atoms with van der Waals surface area (Å²) in [6, 6.07) is 19.6. The lowest BCUT2D eigenvalue weighted by Gasteiger charge is -2.32. The number of nitrogen functional groups attached to an aromatic ring is 1. The minimum absolute atomic E-state index is 0.0260. The summed E-state index contributed by atoms with van der Waals surface area (Å²) in [5.41, 5.74) is 15.4. The number of nitrogens with two attached hydrogens (primary N) is 2. The van der Waals surface area contributed by atoms with Crippen molar-refractivity contribution >= 4 is 28.5 Å². The Balaban J connectivity index is 0.000000290. The highest BCUT2D eigenvalue weighted by Crippen LogP contribution is 2.20. The van der Waals surface area contributed by atoms with Gasteiger partial charge in [-0.25, -0.2) is 9.50 Å². The molecule has 7 rings (SSSR count). The summed E-state index contributed by atoms with van der Waals surface area (Å²) < 4.78 is 5.22. The van der Waals surface area contributed by atoms with Crippen molar-refractivity contribution in [3.05, 3.63) is 118 Å². The number of pyridine rings is 1. The van der Waals surface area contributed by atoms with E-state index in [0.717, 1.165) is 79.2 Å². The Kier molecular flexibility index (Phi) is 11.9. The number of piperazine rings is 1. The van der Waals surface area contributed by atoms with Crippen LogP contribution >= 0.6 is 0 Å². The molecule has 1 saturated heterocycles. The first-order valence-electron chi connectivity index (χ1n) is 16.7. The van der Waals surface area contributed by atoms with Crippen molar-refractivity contribution in [1.82, 2.24) is 38.7 Å². The van der Waals surface area contributed by atoms with Crippen molar-refractivity contribution in [2.45, 2.75) is 19.8 Å². The SMILES string of the molecule is CCc1cc2cccc(C#Cc3cnn(C)c3CCN3CCN(C)CC3)c2c(=O)n1-c1ccccc1.CN.Nc1nn2cccnc2c1C=O. The van der Waals surface area contributed by atoms with E-state index in [-0.39, 0.29) is 11.4 Å². The third-order valence-electron chi connectivity index (χ3n) is 8.73. The van der Waals surface area contributed by atoms with Crippen LogP contribution < -0.4 is 17.0 Å². The molecule has 0 unspecified atom stereocenters. The topological polar surface area (TPSA) is 146 Å². The van der Waals surface area contributed by atoms with Gasteiger partial charge in [0, 0.05) is 75.5 Å². The van der Waals surface area contributed by atoms with Gasteiger partial charge < -0.3 is 21.3 Å². The van der Waals surface area contributed by atoms with E-state index in [1.54, 1.807) is 18.5 Å². The van der Waals surface area contributed by atoms with Gasteiger partial charge >= 0.3 is 0 Å². The van der Waals surface area contributed by atoms with Gasteiger partial charge in [-0.1, -0.05) is 49.1 Å². The van der Waals surface area contributed by atoms with E-state index in [4.69, 9.17) is 5.73 Å². The van der Waals surface area contributed by atoms with Gasteiger partial charge in [0.25, 0.3) is 5.56 Å². The summed E-state index contributed by atoms with van der Waals surface area (Å²) in [5.74, 6) is 6.88. The van der Waals surface area contributed by atoms with E-state index >= 15 is 0 Å². The smallest absolute Gasteiger partial charge is 0.264 e. The summed E-state index contributed by atoms with van der Waals surface area (Å²) in [4.78, 5) is 33.2. The molecule has 0 atom stereocenters. The highest BCUT2D eigenvalue weighted by molar-refractivity contribution is 5.90. The number of aldehydes is 1. The van der Waals surface area contributed by atoms with Crippen LogP contribution in [0.1, 0.15) is 39.8 Å². The van der Waals surface area contributed by atoms with Crippen LogP contribution in [0.25, 0.3) is 22.1 Å². The molecule has 0 bridgehead atoms. The van der Waals surface area contributed by atoms with Crippen LogP contribution in [0.3, 0.4) is 0 Å². The van der Waals surface area contributed by atoms with Gasteiger partial charge in [-0.2, -0.15) is 5.10 Å². The molecule has 5 heterocycles. The first kappa shape index (κ1) is 35.7. The Morgan fingerprint density at radius 2 is 1.68 bits per heavy atom. The molecule has 50 heavy (non-hydrogen) atoms. The molecule has 258 valence electrons. The van der Waals surface area contributed by atoms with Gasteiger partial charge in [0.15, 0.2) is 17.8 Å². The Hall–Kier alpha value is -5.61. The molecule has 1 fully saturated rings. The predicted octanol–water partition coefficient (Wildman–Crippen LogP) is 3.18. The Labute approximate surface area is 291 Å². The maximum atomic E-state index is 13.8. The second-order valence-electron chi connectivity index (χ2n) is 11.8. The van der Waals surface area contributed by atoms with E-state index in [9.17, 15) is 9.59 Å². The number of nitrogens with zero attached hydrogens (tertiary/aromatic N) is 8. The lowest BCUT2D eigenvalue weighted by Crippen LogP contribution is -2.45. The van der Waals surface area contributed by atoms with E-state index in [0.29, 0.717) is 22.9 Å². The molecule has 0 amide bonds. The Morgan fingerprint density at radius 3 is 2.40 bits per heavy atom. The molecule has 1 aliphatic heterocycles. The molecule has 12 nitrogen and oxygen atoms in total. The standard InChI is InChI=1S/C30H33N5O.C7H6N4O.CH5N/c1-4-26-21-24-10-8-9-23(29(24)30(36)35(26)27-11-6-5-7-12-27)13-14-25-22-31-33(3)28(25)15-16-34-19-17-32(2)18-20-34;8-6-5(4-12)7-9-2-1-3-11(7)10-6;1-2/h5-12,21-22H,4,15-20H2,1-3H3;1-4H,(H2,8,10);2H2,1H3. The van der Waals surface area contributed by atoms with Crippen molar-refractivity contribution in [2.75, 3.05) is 52.6 Å². The van der Waals surface area contributed by atoms with Crippen LogP contribution in [0.15, 0.2) is 84.0 Å². The second-order valence-corrected chi connectivity index (χ2v) is 11.8. The van der Waals surface area contributed by atoms with Crippen molar-refractivity contribution in [1.29, 1.82) is 0 Å². The number of anilines is 1. The molecule has 0 radical (unpaired) electrons. The fourth-order valence-corrected chi connectivity index (χ4v) is 6.01. The molecule has 0 aliphatic carbocycles. The number of aryl methyl sites for hydroxylation is 2. The van der Waals surface area contributed by atoms with Crippen molar-refractivity contribution in [3.8, 4) is 17.5 Å². The molecule has 2 aromatic carbocycles. The average Bonchev–Trinajstić information content (AvgIpc) is 3.68. The number of fused-ring (bicyclic) bond motifs is 2. The van der Waals surface area contributed by atoms with Gasteiger partial charge in [0.05, 0.1) is 22.8 Å². The minimum atomic E-state index is -0.0260. The molecular formula is C38H44N10O2. The average molecular weight is 673 g/mol. The predicted molar refractivity (Wildman–Crippen MR) is 199 cm³/mol. The zero-order valence-electron chi connectivity index (χ0n) is 29.1. The number of carbonyl (C=O) groups excluding carboxylic acids is 1. The van der Waals surface area contributed by atoms with Gasteiger partial charge in [0.1, 0.15) is 5.56 Å². The van der Waals surface area contributed by atoms with Gasteiger partial charge in [0.2, 0.25) is 0 Å². The number of benzene rings is 2. The van der Waals surface area contributed by atoms with Crippen molar-refractivity contribution in [3.63, 3.8) is 0 Å². The normalized spacial score (nSPS) is 13.1. The number of hydrogen-bond donors (Lipinski definition) is 2. The van der Waals surface area contributed by atoms with Crippen LogP contribution in [0.4, 0.5) is 5.82 Å². The molecule has 0 saturated carbocycles. The van der Waals surface area contributed by atoms with Crippen LogP contribution in [0.5, 0.6) is 0 Å². The fraction of sp³-hybridized carbons (Fsp3) is 0.289. The van der Waals surface area contributed by atoms with Gasteiger partial charge in [-0.05, 0) is 56.2 Å². The third kappa shape index (κ3) is 7.82. The summed E-state index contributed by atoms with van der Waals surface area (Å²) >= 11 is 0. The van der Waals surface area contributed by atoms with Crippen molar-refractivity contribution in [2.24, 2.45) is 12.8 Å². The fourth-order valence-electron chi connectivity index (χ4n) is 6.01. The molecule has 4 N–H and O–H groups in total. The van der Waals surface area contributed by atoms with E-state index in [1.165, 1.54) is 11.6 Å². The first-order chi connectivity index (χ1) is 24.4. The molecule has 1 aliphatic rings. The van der Waals surface area contributed by atoms with Gasteiger partial charge in [-0.3, -0.25) is 18.8 Å². The van der Waals surface area contributed by atoms with Crippen LogP contribution in [0.2, 0.25) is 0 Å². The lowest BCUT2D eigenvalue weighted by molar-refractivity contribution is 0.112. The zero-order chi connectivity index (χ0) is 35.6. The van der Waals surface area contributed by atoms with Gasteiger partial charge in [-0.15, -0.1) is 5.10 Å². The zero-order valence-corrected chi connectivity index (χ0v) is 29.1. The number of carbonyl (C=O) groups is 1. The summed E-state index contributed by atoms with van der Waals surface area (Å²) in [6.45, 7) is 7.49. The van der Waals surface area contributed by atoms with Crippen molar-refractivity contribution < 1.29 is 4.79 Å². The molecule has 6 aromatic rings. The second kappa shape index (κ2) is 16.7. The maximum Gasteiger partial charge on any atom is 0.264 e.